The number of aliphatic hydroxyl groups is 1. The third-order valence-electron chi connectivity index (χ3n) is 2.70. The van der Waals surface area contributed by atoms with Gasteiger partial charge in [0.15, 0.2) is 0 Å². The van der Waals surface area contributed by atoms with Crippen molar-refractivity contribution >= 4 is 23.2 Å². The number of benzene rings is 2. The largest absolute Gasteiger partial charge is 0.384 e. The van der Waals surface area contributed by atoms with Crippen molar-refractivity contribution in [1.82, 2.24) is 0 Å². The van der Waals surface area contributed by atoms with Crippen molar-refractivity contribution in [2.24, 2.45) is 0 Å². The minimum absolute atomic E-state index is 0.563. The highest BCUT2D eigenvalue weighted by Crippen LogP contribution is 2.29. The maximum atomic E-state index is 10.3. The van der Waals surface area contributed by atoms with Gasteiger partial charge in [0, 0.05) is 15.6 Å². The molecule has 88 valence electrons. The normalized spacial score (nSPS) is 12.5. The van der Waals surface area contributed by atoms with Crippen molar-refractivity contribution in [3.63, 3.8) is 0 Å². The van der Waals surface area contributed by atoms with Crippen LogP contribution in [-0.4, -0.2) is 5.11 Å². The molecule has 0 spiro atoms. The second kappa shape index (κ2) is 5.09. The zero-order valence-electron chi connectivity index (χ0n) is 9.32. The summed E-state index contributed by atoms with van der Waals surface area (Å²) >= 11 is 12.0. The van der Waals surface area contributed by atoms with Gasteiger partial charge in [0.25, 0.3) is 0 Å². The van der Waals surface area contributed by atoms with Gasteiger partial charge in [0.05, 0.1) is 0 Å². The molecule has 0 amide bonds. The monoisotopic (exact) mass is 266 g/mol. The molecular weight excluding hydrogens is 255 g/mol. The van der Waals surface area contributed by atoms with E-state index in [-0.39, 0.29) is 0 Å². The summed E-state index contributed by atoms with van der Waals surface area (Å²) in [6.45, 7) is 1.91. The average Bonchev–Trinajstić information content (AvgIpc) is 2.32. The van der Waals surface area contributed by atoms with Gasteiger partial charge in [0.1, 0.15) is 6.10 Å². The molecule has 2 aromatic carbocycles. The summed E-state index contributed by atoms with van der Waals surface area (Å²) < 4.78 is 0. The van der Waals surface area contributed by atoms with Crippen molar-refractivity contribution in [2.75, 3.05) is 0 Å². The van der Waals surface area contributed by atoms with E-state index in [2.05, 4.69) is 0 Å². The van der Waals surface area contributed by atoms with Gasteiger partial charge in [-0.15, -0.1) is 0 Å². The minimum Gasteiger partial charge on any atom is -0.384 e. The molecule has 0 saturated heterocycles. The van der Waals surface area contributed by atoms with Crippen LogP contribution < -0.4 is 0 Å². The molecule has 0 heterocycles. The number of halogens is 2. The lowest BCUT2D eigenvalue weighted by Crippen LogP contribution is -2.00. The van der Waals surface area contributed by atoms with Gasteiger partial charge in [-0.1, -0.05) is 53.5 Å². The van der Waals surface area contributed by atoms with Crippen LogP contribution in [0.15, 0.2) is 42.5 Å². The van der Waals surface area contributed by atoms with Crippen LogP contribution in [0.25, 0.3) is 0 Å². The summed E-state index contributed by atoms with van der Waals surface area (Å²) in [5.41, 5.74) is 2.44. The molecular formula is C14H12Cl2O. The van der Waals surface area contributed by atoms with Gasteiger partial charge in [-0.2, -0.15) is 0 Å². The Kier molecular flexibility index (Phi) is 3.72. The number of hydrogen-bond acceptors (Lipinski definition) is 1. The maximum Gasteiger partial charge on any atom is 0.105 e. The van der Waals surface area contributed by atoms with Gasteiger partial charge in [0.2, 0.25) is 0 Å². The smallest absolute Gasteiger partial charge is 0.105 e. The van der Waals surface area contributed by atoms with Crippen LogP contribution in [-0.2, 0) is 0 Å². The van der Waals surface area contributed by atoms with Crippen LogP contribution in [0, 0.1) is 6.92 Å². The van der Waals surface area contributed by atoms with E-state index in [4.69, 9.17) is 23.2 Å². The third kappa shape index (κ3) is 2.63. The third-order valence-corrected chi connectivity index (χ3v) is 3.47. The Bertz CT molecular complexity index is 537. The van der Waals surface area contributed by atoms with Crippen molar-refractivity contribution in [2.45, 2.75) is 13.0 Å². The summed E-state index contributed by atoms with van der Waals surface area (Å²) in [5, 5.41) is 11.5. The van der Waals surface area contributed by atoms with E-state index in [0.717, 1.165) is 11.1 Å². The Morgan fingerprint density at radius 2 is 1.71 bits per heavy atom. The average molecular weight is 267 g/mol. The molecule has 17 heavy (non-hydrogen) atoms. The molecule has 0 aliphatic carbocycles. The molecule has 0 bridgehead atoms. The zero-order valence-corrected chi connectivity index (χ0v) is 10.8. The Balaban J connectivity index is 2.40. The molecule has 3 heteroatoms. The molecule has 1 unspecified atom stereocenters. The highest BCUT2D eigenvalue weighted by molar-refractivity contribution is 6.31. The number of aryl methyl sites for hydroxylation is 1. The van der Waals surface area contributed by atoms with E-state index >= 15 is 0 Å². The Morgan fingerprint density at radius 3 is 2.35 bits per heavy atom. The van der Waals surface area contributed by atoms with Gasteiger partial charge < -0.3 is 5.11 Å². The quantitative estimate of drug-likeness (QED) is 0.855. The van der Waals surface area contributed by atoms with Crippen LogP contribution in [0.2, 0.25) is 10.0 Å². The van der Waals surface area contributed by atoms with Crippen LogP contribution in [0.4, 0.5) is 0 Å². The fourth-order valence-electron chi connectivity index (χ4n) is 1.71. The lowest BCUT2D eigenvalue weighted by atomic mass is 10.00. The molecule has 0 fully saturated rings. The summed E-state index contributed by atoms with van der Waals surface area (Å²) in [6.07, 6.45) is -0.723. The second-order valence-corrected chi connectivity index (χ2v) is 4.75. The van der Waals surface area contributed by atoms with Crippen molar-refractivity contribution in [3.8, 4) is 0 Å². The van der Waals surface area contributed by atoms with Gasteiger partial charge >= 0.3 is 0 Å². The summed E-state index contributed by atoms with van der Waals surface area (Å²) in [5.74, 6) is 0. The number of rotatable bonds is 2. The second-order valence-electron chi connectivity index (χ2n) is 3.93. The summed E-state index contributed by atoms with van der Waals surface area (Å²) in [7, 11) is 0. The standard InChI is InChI=1S/C14H12Cl2O/c1-9-8-10(6-7-12(9)15)14(17)11-4-2-3-5-13(11)16/h2-8,14,17H,1H3. The lowest BCUT2D eigenvalue weighted by Gasteiger charge is -2.14. The fourth-order valence-corrected chi connectivity index (χ4v) is 2.07. The molecule has 0 aliphatic rings. The summed E-state index contributed by atoms with van der Waals surface area (Å²) in [4.78, 5) is 0. The van der Waals surface area contributed by atoms with E-state index in [1.165, 1.54) is 0 Å². The molecule has 2 aromatic rings. The Morgan fingerprint density at radius 1 is 1.00 bits per heavy atom. The maximum absolute atomic E-state index is 10.3. The topological polar surface area (TPSA) is 20.2 Å². The first-order valence-corrected chi connectivity index (χ1v) is 6.03. The molecule has 0 saturated carbocycles. The van der Waals surface area contributed by atoms with Crippen LogP contribution in [0.5, 0.6) is 0 Å². The van der Waals surface area contributed by atoms with Crippen molar-refractivity contribution < 1.29 is 5.11 Å². The molecule has 1 N–H and O–H groups in total. The number of aliphatic hydroxyl groups excluding tert-OH is 1. The van der Waals surface area contributed by atoms with E-state index in [0.29, 0.717) is 15.6 Å². The first-order chi connectivity index (χ1) is 8.09. The first kappa shape index (κ1) is 12.4. The van der Waals surface area contributed by atoms with E-state index in [9.17, 15) is 5.11 Å². The van der Waals surface area contributed by atoms with Crippen LogP contribution in [0.3, 0.4) is 0 Å². The molecule has 0 aromatic heterocycles. The Labute approximate surface area is 111 Å². The summed E-state index contributed by atoms with van der Waals surface area (Å²) in [6, 6.07) is 12.7. The molecule has 0 radical (unpaired) electrons. The van der Waals surface area contributed by atoms with Crippen LogP contribution in [0.1, 0.15) is 22.8 Å². The lowest BCUT2D eigenvalue weighted by molar-refractivity contribution is 0.220. The molecule has 1 nitrogen and oxygen atoms in total. The number of hydrogen-bond donors (Lipinski definition) is 1. The van der Waals surface area contributed by atoms with E-state index < -0.39 is 6.10 Å². The van der Waals surface area contributed by atoms with Gasteiger partial charge in [-0.05, 0) is 30.2 Å². The first-order valence-electron chi connectivity index (χ1n) is 5.28. The minimum atomic E-state index is -0.723. The van der Waals surface area contributed by atoms with Gasteiger partial charge in [-0.3, -0.25) is 0 Å². The predicted octanol–water partition coefficient (Wildman–Crippen LogP) is 4.38. The van der Waals surface area contributed by atoms with Crippen molar-refractivity contribution in [1.29, 1.82) is 0 Å². The Hall–Kier alpha value is -1.02. The van der Waals surface area contributed by atoms with E-state index in [1.807, 2.05) is 37.3 Å². The van der Waals surface area contributed by atoms with Crippen LogP contribution >= 0.6 is 23.2 Å². The van der Waals surface area contributed by atoms with Crippen molar-refractivity contribution in [3.05, 3.63) is 69.2 Å². The van der Waals surface area contributed by atoms with Gasteiger partial charge in [-0.25, -0.2) is 0 Å². The zero-order chi connectivity index (χ0) is 12.4. The fraction of sp³-hybridized carbons (Fsp3) is 0.143. The molecule has 0 aliphatic heterocycles. The van der Waals surface area contributed by atoms with E-state index in [1.54, 1.807) is 12.1 Å². The highest BCUT2D eigenvalue weighted by atomic mass is 35.5. The molecule has 2 rings (SSSR count). The predicted molar refractivity (Wildman–Crippen MR) is 71.7 cm³/mol. The molecule has 1 atom stereocenters. The highest BCUT2D eigenvalue weighted by Gasteiger charge is 2.13. The SMILES string of the molecule is Cc1cc(C(O)c2ccccc2Cl)ccc1Cl.